The first-order valence-corrected chi connectivity index (χ1v) is 6.83. The number of hydrogen-bond acceptors (Lipinski definition) is 2. The van der Waals surface area contributed by atoms with Crippen molar-refractivity contribution in [2.24, 2.45) is 0 Å². The second kappa shape index (κ2) is 4.33. The van der Waals surface area contributed by atoms with Crippen molar-refractivity contribution in [3.8, 4) is 0 Å². The maximum Gasteiger partial charge on any atom is 0.0902 e. The molecule has 2 nitrogen and oxygen atoms in total. The summed E-state index contributed by atoms with van der Waals surface area (Å²) in [5, 5.41) is 0.461. The predicted molar refractivity (Wildman–Crippen MR) is 70.4 cm³/mol. The summed E-state index contributed by atoms with van der Waals surface area (Å²) < 4.78 is 0. The third-order valence-corrected chi connectivity index (χ3v) is 4.09. The van der Waals surface area contributed by atoms with Gasteiger partial charge in [-0.1, -0.05) is 29.4 Å². The van der Waals surface area contributed by atoms with Gasteiger partial charge in [-0.25, -0.2) is 0 Å². The zero-order chi connectivity index (χ0) is 11.7. The highest BCUT2D eigenvalue weighted by molar-refractivity contribution is 7.39. The Hall–Kier alpha value is -0.230. The molecule has 0 aliphatic carbocycles. The zero-order valence-electron chi connectivity index (χ0n) is 11.0. The van der Waals surface area contributed by atoms with Crippen molar-refractivity contribution >= 4 is 8.58 Å². The Kier molecular flexibility index (Phi) is 3.71. The van der Waals surface area contributed by atoms with Gasteiger partial charge in [-0.15, -0.1) is 0 Å². The average molecular weight is 228 g/mol. The van der Waals surface area contributed by atoms with E-state index in [1.165, 1.54) is 6.29 Å². The minimum atomic E-state index is 0.246. The fourth-order valence-electron chi connectivity index (χ4n) is 1.34. The normalized spacial score (nSPS) is 18.5. The Morgan fingerprint density at radius 2 is 1.67 bits per heavy atom. The van der Waals surface area contributed by atoms with Gasteiger partial charge in [-0.05, 0) is 25.9 Å². The summed E-state index contributed by atoms with van der Waals surface area (Å²) in [6.45, 7) is 14.8. The molecule has 0 amide bonds. The van der Waals surface area contributed by atoms with Gasteiger partial charge in [0, 0.05) is 24.2 Å². The van der Waals surface area contributed by atoms with Gasteiger partial charge in [0.1, 0.15) is 0 Å². The molecule has 0 aromatic carbocycles. The summed E-state index contributed by atoms with van der Waals surface area (Å²) in [4.78, 5) is 4.80. The molecule has 88 valence electrons. The zero-order valence-corrected chi connectivity index (χ0v) is 12.0. The summed E-state index contributed by atoms with van der Waals surface area (Å²) in [5.41, 5.74) is 0.246. The molecule has 1 rings (SSSR count). The van der Waals surface area contributed by atoms with Gasteiger partial charge in [0.15, 0.2) is 0 Å². The summed E-state index contributed by atoms with van der Waals surface area (Å²) in [6, 6.07) is 0. The van der Waals surface area contributed by atoms with Crippen molar-refractivity contribution in [3.63, 3.8) is 0 Å². The first-order valence-electron chi connectivity index (χ1n) is 5.63. The molecular weight excluding hydrogens is 203 g/mol. The maximum absolute atomic E-state index is 2.41. The van der Waals surface area contributed by atoms with Crippen LogP contribution in [0.1, 0.15) is 41.5 Å². The highest BCUT2D eigenvalue weighted by Crippen LogP contribution is 2.32. The van der Waals surface area contributed by atoms with Crippen LogP contribution in [0.4, 0.5) is 0 Å². The largest absolute Gasteiger partial charge is 0.355 e. The van der Waals surface area contributed by atoms with Gasteiger partial charge in [0.05, 0.1) is 6.67 Å². The van der Waals surface area contributed by atoms with Gasteiger partial charge in [0.25, 0.3) is 0 Å². The molecule has 0 saturated carbocycles. The topological polar surface area (TPSA) is 6.48 Å². The van der Waals surface area contributed by atoms with E-state index in [2.05, 4.69) is 63.7 Å². The highest BCUT2D eigenvalue weighted by atomic mass is 31.1. The Labute approximate surface area is 96.5 Å². The Morgan fingerprint density at radius 1 is 1.07 bits per heavy atom. The first-order chi connectivity index (χ1) is 6.68. The van der Waals surface area contributed by atoms with Crippen molar-refractivity contribution < 1.29 is 0 Å². The van der Waals surface area contributed by atoms with Gasteiger partial charge in [-0.2, -0.15) is 0 Å². The molecule has 1 unspecified atom stereocenters. The molecule has 0 saturated heterocycles. The lowest BCUT2D eigenvalue weighted by atomic mass is 10.1. The van der Waals surface area contributed by atoms with Crippen LogP contribution in [0.3, 0.4) is 0 Å². The second-order valence-electron chi connectivity index (χ2n) is 6.25. The molecule has 0 radical (unpaired) electrons. The molecule has 0 aromatic heterocycles. The lowest BCUT2D eigenvalue weighted by Gasteiger charge is -2.33. The number of hydrogen-bond donors (Lipinski definition) is 0. The molecule has 0 bridgehead atoms. The van der Waals surface area contributed by atoms with Crippen LogP contribution >= 0.6 is 8.58 Å². The van der Waals surface area contributed by atoms with E-state index in [1.54, 1.807) is 0 Å². The van der Waals surface area contributed by atoms with Crippen LogP contribution in [0.25, 0.3) is 0 Å². The fourth-order valence-corrected chi connectivity index (χ4v) is 2.22. The lowest BCUT2D eigenvalue weighted by molar-refractivity contribution is 0.171. The molecule has 0 aromatic rings. The number of rotatable bonds is 2. The summed E-state index contributed by atoms with van der Waals surface area (Å²) in [5.74, 6) is 0. The van der Waals surface area contributed by atoms with Gasteiger partial charge in [-0.3, -0.25) is 0 Å². The van der Waals surface area contributed by atoms with Crippen LogP contribution < -0.4 is 0 Å². The minimum Gasteiger partial charge on any atom is -0.355 e. The van der Waals surface area contributed by atoms with Crippen LogP contribution in [0.5, 0.6) is 0 Å². The van der Waals surface area contributed by atoms with Gasteiger partial charge >= 0.3 is 0 Å². The molecule has 15 heavy (non-hydrogen) atoms. The lowest BCUT2D eigenvalue weighted by Crippen LogP contribution is -2.39. The van der Waals surface area contributed by atoms with E-state index in [9.17, 15) is 0 Å². The van der Waals surface area contributed by atoms with Gasteiger partial charge in [0.2, 0.25) is 0 Å². The van der Waals surface area contributed by atoms with E-state index < -0.39 is 0 Å². The van der Waals surface area contributed by atoms with Crippen LogP contribution in [-0.4, -0.2) is 33.4 Å². The molecule has 1 aliphatic rings. The number of nitrogens with zero attached hydrogens (tertiary/aromatic N) is 2. The standard InChI is InChI=1S/C12H25N2P/c1-11(2,3)14-8-7-13(9-14)10-15-12(4,5)6/h7-8,15H,9-10H2,1-6H3. The molecular formula is C12H25N2P. The molecule has 0 fully saturated rings. The van der Waals surface area contributed by atoms with E-state index in [4.69, 9.17) is 0 Å². The molecule has 3 heteroatoms. The third-order valence-electron chi connectivity index (χ3n) is 2.47. The van der Waals surface area contributed by atoms with Crippen LogP contribution in [0.2, 0.25) is 0 Å². The second-order valence-corrected chi connectivity index (χ2v) is 8.42. The molecule has 1 aliphatic heterocycles. The van der Waals surface area contributed by atoms with Crippen molar-refractivity contribution in [1.82, 2.24) is 9.80 Å². The SMILES string of the molecule is CC(C)(C)PCN1C=CN(C(C)(C)C)C1. The predicted octanol–water partition coefficient (Wildman–Crippen LogP) is 3.27. The summed E-state index contributed by atoms with van der Waals surface area (Å²) in [7, 11) is 0.997. The van der Waals surface area contributed by atoms with Crippen LogP contribution in [0, 0.1) is 0 Å². The fraction of sp³-hybridized carbons (Fsp3) is 0.833. The average Bonchev–Trinajstić information content (AvgIpc) is 2.45. The molecule has 1 atom stereocenters. The molecule has 1 heterocycles. The molecule has 0 N–H and O–H groups in total. The van der Waals surface area contributed by atoms with Crippen molar-refractivity contribution in [3.05, 3.63) is 12.4 Å². The summed E-state index contributed by atoms with van der Waals surface area (Å²) in [6.07, 6.45) is 5.63. The maximum atomic E-state index is 2.41. The highest BCUT2D eigenvalue weighted by Gasteiger charge is 2.23. The smallest absolute Gasteiger partial charge is 0.0902 e. The van der Waals surface area contributed by atoms with Crippen molar-refractivity contribution in [2.45, 2.75) is 52.2 Å². The van der Waals surface area contributed by atoms with E-state index in [0.717, 1.165) is 15.2 Å². The van der Waals surface area contributed by atoms with Crippen molar-refractivity contribution in [2.75, 3.05) is 13.0 Å². The third kappa shape index (κ3) is 4.42. The van der Waals surface area contributed by atoms with Crippen molar-refractivity contribution in [1.29, 1.82) is 0 Å². The van der Waals surface area contributed by atoms with E-state index in [1.807, 2.05) is 0 Å². The Bertz CT molecular complexity index is 235. The van der Waals surface area contributed by atoms with E-state index >= 15 is 0 Å². The van der Waals surface area contributed by atoms with E-state index in [-0.39, 0.29) is 5.54 Å². The van der Waals surface area contributed by atoms with E-state index in [0.29, 0.717) is 5.16 Å². The van der Waals surface area contributed by atoms with Crippen LogP contribution in [-0.2, 0) is 0 Å². The minimum absolute atomic E-state index is 0.246. The quantitative estimate of drug-likeness (QED) is 0.669. The Morgan fingerprint density at radius 3 is 2.07 bits per heavy atom. The monoisotopic (exact) mass is 228 g/mol. The Balaban J connectivity index is 2.36. The first kappa shape index (κ1) is 12.8. The van der Waals surface area contributed by atoms with Gasteiger partial charge < -0.3 is 9.80 Å². The summed E-state index contributed by atoms with van der Waals surface area (Å²) >= 11 is 0. The van der Waals surface area contributed by atoms with Crippen LogP contribution in [0.15, 0.2) is 12.4 Å². The molecule has 0 spiro atoms.